The Labute approximate surface area is 176 Å². The minimum Gasteiger partial charge on any atom is -0.480 e. The summed E-state index contributed by atoms with van der Waals surface area (Å²) < 4.78 is 0. The van der Waals surface area contributed by atoms with Crippen LogP contribution in [0.15, 0.2) is 0 Å². The normalized spacial score (nSPS) is 16.2. The molecule has 1 aliphatic heterocycles. The second-order valence-corrected chi connectivity index (χ2v) is 5.60. The van der Waals surface area contributed by atoms with Gasteiger partial charge in [0.25, 0.3) is 0 Å². The Kier molecular flexibility index (Phi) is 13.6. The first kappa shape index (κ1) is 27.1. The molecule has 0 aromatic rings. The fourth-order valence-corrected chi connectivity index (χ4v) is 2.68. The van der Waals surface area contributed by atoms with E-state index in [2.05, 4.69) is 0 Å². The predicted molar refractivity (Wildman–Crippen MR) is 85.2 cm³/mol. The fourth-order valence-electron chi connectivity index (χ4n) is 2.68. The first-order valence-electron chi connectivity index (χ1n) is 7.23. The number of hydrogen-bond donors (Lipinski definition) is 4. The summed E-state index contributed by atoms with van der Waals surface area (Å²) in [5.74, 6) is -4.56. The molecule has 1 aliphatic rings. The van der Waals surface area contributed by atoms with Gasteiger partial charge in [-0.3, -0.25) is 33.9 Å². The minimum absolute atomic E-state index is 0. The summed E-state index contributed by atoms with van der Waals surface area (Å²) in [6.45, 7) is -0.756. The molecule has 1 heterocycles. The van der Waals surface area contributed by atoms with Crippen LogP contribution in [0.5, 0.6) is 0 Å². The maximum atomic E-state index is 11.0. The van der Waals surface area contributed by atoms with Crippen molar-refractivity contribution in [3.05, 3.63) is 7.43 Å². The van der Waals surface area contributed by atoms with Gasteiger partial charge in [0.05, 0.1) is 26.2 Å². The van der Waals surface area contributed by atoms with Crippen LogP contribution in [0.1, 0.15) is 0 Å². The van der Waals surface area contributed by atoms with Crippen molar-refractivity contribution in [2.45, 2.75) is 6.04 Å². The van der Waals surface area contributed by atoms with Crippen LogP contribution in [0, 0.1) is 7.43 Å². The zero-order valence-corrected chi connectivity index (χ0v) is 17.4. The van der Waals surface area contributed by atoms with E-state index in [4.69, 9.17) is 20.4 Å². The summed E-state index contributed by atoms with van der Waals surface area (Å²) in [6.07, 6.45) is 0. The van der Waals surface area contributed by atoms with Gasteiger partial charge < -0.3 is 27.9 Å². The first-order chi connectivity index (χ1) is 11.2. The zero-order valence-electron chi connectivity index (χ0n) is 14.6. The molecule has 1 rings (SSSR count). The molecule has 1 saturated heterocycles. The van der Waals surface area contributed by atoms with Gasteiger partial charge in [-0.1, -0.05) is 0 Å². The second-order valence-electron chi connectivity index (χ2n) is 5.60. The predicted octanol–water partition coefficient (Wildman–Crippen LogP) is -1.94. The van der Waals surface area contributed by atoms with E-state index in [0.29, 0.717) is 13.1 Å². The monoisotopic (exact) mass is 451 g/mol. The van der Waals surface area contributed by atoms with Crippen LogP contribution in [0.25, 0.3) is 0 Å². The van der Waals surface area contributed by atoms with E-state index in [9.17, 15) is 19.2 Å². The van der Waals surface area contributed by atoms with Crippen LogP contribution < -0.4 is 0 Å². The molecule has 0 bridgehead atoms. The number of hydrogen-bond acceptors (Lipinski definition) is 7. The van der Waals surface area contributed by atoms with E-state index in [0.717, 1.165) is 0 Å². The van der Waals surface area contributed by atoms with Gasteiger partial charge in [-0.2, -0.15) is 0 Å². The van der Waals surface area contributed by atoms with Gasteiger partial charge in [0.2, 0.25) is 0 Å². The third-order valence-electron chi connectivity index (χ3n) is 3.58. The summed E-state index contributed by atoms with van der Waals surface area (Å²) in [5.41, 5.74) is 0. The number of rotatable bonds is 9. The first-order valence-corrected chi connectivity index (χ1v) is 7.23. The van der Waals surface area contributed by atoms with Gasteiger partial charge >= 0.3 is 23.9 Å². The van der Waals surface area contributed by atoms with Gasteiger partial charge in [0.15, 0.2) is 0 Å². The number of nitrogens with zero attached hydrogens (tertiary/aromatic N) is 3. The third-order valence-corrected chi connectivity index (χ3v) is 3.58. The molecular formula is C14H24N3O8Y-. The summed E-state index contributed by atoms with van der Waals surface area (Å²) in [7, 11) is 0. The van der Waals surface area contributed by atoms with E-state index in [-0.39, 0.29) is 66.3 Å². The quantitative estimate of drug-likeness (QED) is 0.289. The Hall–Kier alpha value is -1.14. The standard InChI is InChI=1S/C13H21N3O8.CH3.Y/c17-10(18)5-14-1-2-15(6-11(19)20)4-9(3-14)16(7-12(21)22)8-13(23)24;;/h9H,1-8H2,(H,17,18)(H,19,20)(H,21,22)(H,23,24);1H3;/q;-1;. The summed E-state index contributed by atoms with van der Waals surface area (Å²) >= 11 is 0. The van der Waals surface area contributed by atoms with Crippen LogP contribution in [-0.4, -0.2) is 117 Å². The van der Waals surface area contributed by atoms with Crippen molar-refractivity contribution in [3.63, 3.8) is 0 Å². The largest absolute Gasteiger partial charge is 0.480 e. The van der Waals surface area contributed by atoms with E-state index in [1.807, 2.05) is 0 Å². The smallest absolute Gasteiger partial charge is 0.317 e. The Morgan fingerprint density at radius 2 is 1.12 bits per heavy atom. The minimum atomic E-state index is -1.21. The molecule has 0 amide bonds. The molecule has 1 radical (unpaired) electrons. The maximum Gasteiger partial charge on any atom is 0.317 e. The van der Waals surface area contributed by atoms with Crippen molar-refractivity contribution in [1.82, 2.24) is 14.7 Å². The van der Waals surface area contributed by atoms with E-state index < -0.39 is 43.0 Å². The van der Waals surface area contributed by atoms with Gasteiger partial charge in [-0.25, -0.2) is 0 Å². The number of carboxylic acids is 4. The Bertz CT molecular complexity index is 463. The van der Waals surface area contributed by atoms with E-state index in [1.54, 1.807) is 9.80 Å². The second kappa shape index (κ2) is 13.1. The van der Waals surface area contributed by atoms with Crippen molar-refractivity contribution in [3.8, 4) is 0 Å². The molecule has 0 atom stereocenters. The molecule has 11 nitrogen and oxygen atoms in total. The van der Waals surface area contributed by atoms with Gasteiger partial charge in [0, 0.05) is 64.9 Å². The fraction of sp³-hybridized carbons (Fsp3) is 0.643. The molecule has 4 N–H and O–H groups in total. The Balaban J connectivity index is 0. The SMILES string of the molecule is O=C(O)CN1CCN(CC(=O)O)CC(N(CC(=O)O)CC(=O)O)C1.[CH3-].[Y]. The molecule has 26 heavy (non-hydrogen) atoms. The number of carbonyl (C=O) groups is 4. The molecule has 1 fully saturated rings. The Morgan fingerprint density at radius 3 is 1.38 bits per heavy atom. The van der Waals surface area contributed by atoms with Crippen LogP contribution in [0.2, 0.25) is 0 Å². The number of carboxylic acid groups (broad SMARTS) is 4. The summed E-state index contributed by atoms with van der Waals surface area (Å²) in [4.78, 5) is 48.1. The van der Waals surface area contributed by atoms with Crippen molar-refractivity contribution >= 4 is 23.9 Å². The molecule has 12 heteroatoms. The topological polar surface area (TPSA) is 159 Å². The van der Waals surface area contributed by atoms with Gasteiger partial charge in [-0.05, 0) is 0 Å². The average molecular weight is 451 g/mol. The molecule has 0 saturated carbocycles. The maximum absolute atomic E-state index is 11.0. The van der Waals surface area contributed by atoms with Crippen LogP contribution in [-0.2, 0) is 51.9 Å². The van der Waals surface area contributed by atoms with Gasteiger partial charge in [0.1, 0.15) is 0 Å². The molecule has 0 aromatic carbocycles. The molecule has 147 valence electrons. The molecule has 0 aliphatic carbocycles. The van der Waals surface area contributed by atoms with E-state index >= 15 is 0 Å². The molecule has 0 spiro atoms. The molecule has 0 aromatic heterocycles. The van der Waals surface area contributed by atoms with Crippen LogP contribution in [0.4, 0.5) is 0 Å². The van der Waals surface area contributed by atoms with Crippen molar-refractivity contribution in [2.75, 3.05) is 52.4 Å². The van der Waals surface area contributed by atoms with Crippen molar-refractivity contribution < 1.29 is 72.3 Å². The number of aliphatic carboxylic acids is 4. The average Bonchev–Trinajstić information content (AvgIpc) is 2.58. The molecule has 0 unspecified atom stereocenters. The van der Waals surface area contributed by atoms with Crippen LogP contribution >= 0.6 is 0 Å². The Morgan fingerprint density at radius 1 is 0.769 bits per heavy atom. The van der Waals surface area contributed by atoms with Crippen molar-refractivity contribution in [1.29, 1.82) is 0 Å². The molecular weight excluding hydrogens is 427 g/mol. The van der Waals surface area contributed by atoms with Crippen molar-refractivity contribution in [2.24, 2.45) is 0 Å². The summed E-state index contributed by atoms with van der Waals surface area (Å²) in [6, 6.07) is -0.613. The van der Waals surface area contributed by atoms with E-state index in [1.165, 1.54) is 4.90 Å². The summed E-state index contributed by atoms with van der Waals surface area (Å²) in [5, 5.41) is 35.8. The van der Waals surface area contributed by atoms with Crippen LogP contribution in [0.3, 0.4) is 0 Å². The third kappa shape index (κ3) is 10.8. The zero-order chi connectivity index (χ0) is 18.3. The van der Waals surface area contributed by atoms with Gasteiger partial charge in [-0.15, -0.1) is 0 Å².